The molecular formula is C13H17N5OS. The molecule has 20 heavy (non-hydrogen) atoms. The number of nitrogens with zero attached hydrogens (tertiary/aromatic N) is 3. The Hall–Kier alpha value is -1.89. The van der Waals surface area contributed by atoms with Crippen LogP contribution < -0.4 is 10.6 Å². The summed E-state index contributed by atoms with van der Waals surface area (Å²) >= 11 is 1.54. The number of thiazole rings is 1. The van der Waals surface area contributed by atoms with E-state index >= 15 is 0 Å². The van der Waals surface area contributed by atoms with Gasteiger partial charge in [-0.05, 0) is 19.3 Å². The standard InChI is InChI=1S/C13H17N5OS/c1-2-4-11-16-10(8-20-11)13(19)17-9-7-15-18-6-3-5-14-12(9)18/h7-8,14H,2-6H2,1H3,(H,17,19). The van der Waals surface area contributed by atoms with Crippen LogP contribution in [-0.2, 0) is 13.0 Å². The fraction of sp³-hybridized carbons (Fsp3) is 0.462. The van der Waals surface area contributed by atoms with E-state index in [4.69, 9.17) is 0 Å². The maximum atomic E-state index is 12.2. The third-order valence-electron chi connectivity index (χ3n) is 3.18. The summed E-state index contributed by atoms with van der Waals surface area (Å²) in [5.74, 6) is 0.709. The van der Waals surface area contributed by atoms with Crippen molar-refractivity contribution in [2.24, 2.45) is 0 Å². The molecule has 0 radical (unpaired) electrons. The van der Waals surface area contributed by atoms with Crippen LogP contribution in [0.4, 0.5) is 11.5 Å². The van der Waals surface area contributed by atoms with Crippen molar-refractivity contribution in [1.29, 1.82) is 0 Å². The molecule has 1 aliphatic heterocycles. The number of aryl methyl sites for hydroxylation is 2. The van der Waals surface area contributed by atoms with Crippen molar-refractivity contribution in [2.45, 2.75) is 32.7 Å². The molecule has 2 aromatic rings. The summed E-state index contributed by atoms with van der Waals surface area (Å²) < 4.78 is 1.88. The smallest absolute Gasteiger partial charge is 0.275 e. The summed E-state index contributed by atoms with van der Waals surface area (Å²) in [5, 5.41) is 13.2. The number of carbonyl (C=O) groups is 1. The van der Waals surface area contributed by atoms with Gasteiger partial charge in [-0.25, -0.2) is 9.67 Å². The summed E-state index contributed by atoms with van der Waals surface area (Å²) in [6.07, 6.45) is 4.69. The fourth-order valence-electron chi connectivity index (χ4n) is 2.20. The molecule has 0 saturated carbocycles. The van der Waals surface area contributed by atoms with E-state index in [0.717, 1.165) is 48.9 Å². The number of rotatable bonds is 4. The Labute approximate surface area is 121 Å². The van der Waals surface area contributed by atoms with E-state index in [1.54, 1.807) is 6.20 Å². The van der Waals surface area contributed by atoms with Crippen LogP contribution in [0.3, 0.4) is 0 Å². The molecule has 2 aromatic heterocycles. The predicted octanol–water partition coefficient (Wildman–Crippen LogP) is 2.36. The van der Waals surface area contributed by atoms with Gasteiger partial charge in [0.25, 0.3) is 5.91 Å². The first kappa shape index (κ1) is 13.1. The van der Waals surface area contributed by atoms with Crippen LogP contribution >= 0.6 is 11.3 Å². The second-order valence-corrected chi connectivity index (χ2v) is 5.68. The third kappa shape index (κ3) is 2.53. The average Bonchev–Trinajstić information content (AvgIpc) is 3.07. The van der Waals surface area contributed by atoms with Gasteiger partial charge in [-0.15, -0.1) is 11.3 Å². The summed E-state index contributed by atoms with van der Waals surface area (Å²) in [5.41, 5.74) is 1.20. The number of amides is 1. The minimum atomic E-state index is -0.174. The van der Waals surface area contributed by atoms with Crippen LogP contribution in [0.15, 0.2) is 11.6 Å². The Morgan fingerprint density at radius 1 is 1.60 bits per heavy atom. The molecule has 7 heteroatoms. The van der Waals surface area contributed by atoms with Gasteiger partial charge in [0.1, 0.15) is 17.2 Å². The molecule has 3 rings (SSSR count). The molecule has 0 spiro atoms. The molecule has 0 fully saturated rings. The molecule has 0 aromatic carbocycles. The highest BCUT2D eigenvalue weighted by atomic mass is 32.1. The van der Waals surface area contributed by atoms with Gasteiger partial charge in [0, 0.05) is 18.5 Å². The zero-order chi connectivity index (χ0) is 13.9. The first-order chi connectivity index (χ1) is 9.78. The van der Waals surface area contributed by atoms with E-state index in [2.05, 4.69) is 27.6 Å². The van der Waals surface area contributed by atoms with E-state index in [1.165, 1.54) is 11.3 Å². The number of nitrogens with one attached hydrogen (secondary N) is 2. The normalized spacial score (nSPS) is 13.7. The van der Waals surface area contributed by atoms with Gasteiger partial charge in [-0.2, -0.15) is 5.10 Å². The van der Waals surface area contributed by atoms with Gasteiger partial charge >= 0.3 is 0 Å². The zero-order valence-corrected chi connectivity index (χ0v) is 12.2. The highest BCUT2D eigenvalue weighted by Gasteiger charge is 2.18. The molecule has 0 aliphatic carbocycles. The Bertz CT molecular complexity index is 618. The van der Waals surface area contributed by atoms with E-state index < -0.39 is 0 Å². The van der Waals surface area contributed by atoms with Crippen molar-refractivity contribution in [3.63, 3.8) is 0 Å². The van der Waals surface area contributed by atoms with Crippen molar-refractivity contribution in [3.8, 4) is 0 Å². The second kappa shape index (κ2) is 5.62. The molecule has 6 nitrogen and oxygen atoms in total. The minimum absolute atomic E-state index is 0.174. The third-order valence-corrected chi connectivity index (χ3v) is 4.08. The summed E-state index contributed by atoms with van der Waals surface area (Å²) in [7, 11) is 0. The minimum Gasteiger partial charge on any atom is -0.368 e. The van der Waals surface area contributed by atoms with Crippen LogP contribution in [0.1, 0.15) is 35.3 Å². The lowest BCUT2D eigenvalue weighted by Crippen LogP contribution is -2.19. The Morgan fingerprint density at radius 2 is 2.50 bits per heavy atom. The van der Waals surface area contributed by atoms with Crippen LogP contribution in [0.25, 0.3) is 0 Å². The maximum Gasteiger partial charge on any atom is 0.275 e. The fourth-order valence-corrected chi connectivity index (χ4v) is 3.08. The SMILES string of the molecule is CCCc1nc(C(=O)Nc2cnn3c2NCCC3)cs1. The quantitative estimate of drug-likeness (QED) is 0.907. The van der Waals surface area contributed by atoms with Gasteiger partial charge in [0.15, 0.2) is 0 Å². The Morgan fingerprint density at radius 3 is 3.35 bits per heavy atom. The molecule has 0 unspecified atom stereocenters. The Kier molecular flexibility index (Phi) is 3.68. The predicted molar refractivity (Wildman–Crippen MR) is 79.4 cm³/mol. The number of aromatic nitrogens is 3. The van der Waals surface area contributed by atoms with Crippen molar-refractivity contribution in [2.75, 3.05) is 17.2 Å². The number of fused-ring (bicyclic) bond motifs is 1. The van der Waals surface area contributed by atoms with E-state index in [1.807, 2.05) is 10.1 Å². The average molecular weight is 291 g/mol. The number of anilines is 2. The zero-order valence-electron chi connectivity index (χ0n) is 11.3. The van der Waals surface area contributed by atoms with Crippen LogP contribution in [0, 0.1) is 0 Å². The second-order valence-electron chi connectivity index (χ2n) is 4.74. The van der Waals surface area contributed by atoms with Crippen molar-refractivity contribution < 1.29 is 4.79 Å². The molecule has 0 bridgehead atoms. The van der Waals surface area contributed by atoms with Crippen LogP contribution in [0.2, 0.25) is 0 Å². The Balaban J connectivity index is 1.73. The summed E-state index contributed by atoms with van der Waals surface area (Å²) in [4.78, 5) is 16.5. The molecule has 1 aliphatic rings. The number of hydrogen-bond donors (Lipinski definition) is 2. The first-order valence-corrected chi connectivity index (χ1v) is 7.71. The monoisotopic (exact) mass is 291 g/mol. The van der Waals surface area contributed by atoms with Crippen molar-refractivity contribution in [3.05, 3.63) is 22.3 Å². The number of carbonyl (C=O) groups excluding carboxylic acids is 1. The van der Waals surface area contributed by atoms with Crippen LogP contribution in [0.5, 0.6) is 0 Å². The molecule has 2 N–H and O–H groups in total. The van der Waals surface area contributed by atoms with E-state index in [9.17, 15) is 4.79 Å². The molecule has 0 saturated heterocycles. The van der Waals surface area contributed by atoms with Gasteiger partial charge in [0.05, 0.1) is 11.2 Å². The first-order valence-electron chi connectivity index (χ1n) is 6.83. The lowest BCUT2D eigenvalue weighted by Gasteiger charge is -2.16. The van der Waals surface area contributed by atoms with E-state index in [0.29, 0.717) is 5.69 Å². The maximum absolute atomic E-state index is 12.2. The van der Waals surface area contributed by atoms with E-state index in [-0.39, 0.29) is 5.91 Å². The van der Waals surface area contributed by atoms with Crippen molar-refractivity contribution in [1.82, 2.24) is 14.8 Å². The van der Waals surface area contributed by atoms with Crippen LogP contribution in [-0.4, -0.2) is 27.2 Å². The van der Waals surface area contributed by atoms with Crippen molar-refractivity contribution >= 4 is 28.7 Å². The number of hydrogen-bond acceptors (Lipinski definition) is 5. The van der Waals surface area contributed by atoms with Gasteiger partial charge in [-0.3, -0.25) is 4.79 Å². The summed E-state index contributed by atoms with van der Waals surface area (Å²) in [6.45, 7) is 3.90. The highest BCUT2D eigenvalue weighted by molar-refractivity contribution is 7.09. The molecule has 0 atom stereocenters. The van der Waals surface area contributed by atoms with Gasteiger partial charge < -0.3 is 10.6 Å². The molecule has 106 valence electrons. The largest absolute Gasteiger partial charge is 0.368 e. The lowest BCUT2D eigenvalue weighted by molar-refractivity contribution is 0.102. The van der Waals surface area contributed by atoms with Gasteiger partial charge in [-0.1, -0.05) is 6.92 Å². The van der Waals surface area contributed by atoms with Gasteiger partial charge in [0.2, 0.25) is 0 Å². The molecule has 1 amide bonds. The lowest BCUT2D eigenvalue weighted by atomic mass is 10.3. The summed E-state index contributed by atoms with van der Waals surface area (Å²) in [6, 6.07) is 0. The molecular weight excluding hydrogens is 274 g/mol. The topological polar surface area (TPSA) is 71.8 Å². The molecule has 3 heterocycles. The highest BCUT2D eigenvalue weighted by Crippen LogP contribution is 2.24.